The number of nitro groups is 1. The standard InChI is InChI=1S/C13H15BFN2O4/c1-21-14-16-4-2-3-9(8-16)5-10-6-11(15)13(18)12(7-10)17(19)20/h5-7,18H,2-4,8H2,1H3/b9-5+. The van der Waals surface area contributed by atoms with Gasteiger partial charge in [-0.15, -0.1) is 0 Å². The largest absolute Gasteiger partial charge is 0.500 e. The number of hydrogen-bond donors (Lipinski definition) is 1. The Morgan fingerprint density at radius 1 is 1.57 bits per heavy atom. The van der Waals surface area contributed by atoms with Gasteiger partial charge in [-0.2, -0.15) is 0 Å². The van der Waals surface area contributed by atoms with Gasteiger partial charge in [0, 0.05) is 19.7 Å². The van der Waals surface area contributed by atoms with Crippen molar-refractivity contribution in [3.8, 4) is 5.75 Å². The zero-order chi connectivity index (χ0) is 15.4. The van der Waals surface area contributed by atoms with E-state index in [1.54, 1.807) is 20.8 Å². The molecule has 1 aliphatic rings. The molecule has 6 nitrogen and oxygen atoms in total. The normalized spacial score (nSPS) is 17.9. The smallest absolute Gasteiger partial charge is 0.398 e. The Kier molecular flexibility index (Phi) is 4.92. The third-order valence-corrected chi connectivity index (χ3v) is 3.24. The number of nitrogens with zero attached hydrogens (tertiary/aromatic N) is 2. The van der Waals surface area contributed by atoms with E-state index in [0.717, 1.165) is 31.0 Å². The summed E-state index contributed by atoms with van der Waals surface area (Å²) in [5, 5.41) is 20.1. The van der Waals surface area contributed by atoms with Crippen LogP contribution in [-0.2, 0) is 4.65 Å². The summed E-state index contributed by atoms with van der Waals surface area (Å²) >= 11 is 0. The topological polar surface area (TPSA) is 75.8 Å². The maximum atomic E-state index is 13.5. The number of phenols is 1. The highest BCUT2D eigenvalue weighted by Gasteiger charge is 2.20. The molecule has 8 heteroatoms. The lowest BCUT2D eigenvalue weighted by Crippen LogP contribution is -2.35. The van der Waals surface area contributed by atoms with Crippen molar-refractivity contribution in [1.82, 2.24) is 4.81 Å². The van der Waals surface area contributed by atoms with Crippen LogP contribution in [0.5, 0.6) is 5.75 Å². The van der Waals surface area contributed by atoms with Crippen molar-refractivity contribution in [3.05, 3.63) is 39.2 Å². The minimum atomic E-state index is -0.993. The predicted molar refractivity (Wildman–Crippen MR) is 76.3 cm³/mol. The van der Waals surface area contributed by atoms with Crippen LogP contribution >= 0.6 is 0 Å². The molecule has 21 heavy (non-hydrogen) atoms. The fourth-order valence-electron chi connectivity index (χ4n) is 2.35. The highest BCUT2D eigenvalue weighted by Crippen LogP contribution is 2.31. The van der Waals surface area contributed by atoms with E-state index in [9.17, 15) is 19.6 Å². The molecule has 1 N–H and O–H groups in total. The summed E-state index contributed by atoms with van der Waals surface area (Å²) in [5.74, 6) is -1.92. The van der Waals surface area contributed by atoms with Gasteiger partial charge >= 0.3 is 13.3 Å². The van der Waals surface area contributed by atoms with E-state index in [0.29, 0.717) is 12.1 Å². The van der Waals surface area contributed by atoms with Gasteiger partial charge in [-0.3, -0.25) is 10.1 Å². The number of rotatable bonds is 4. The maximum Gasteiger partial charge on any atom is 0.398 e. The average Bonchev–Trinajstić information content (AvgIpc) is 2.43. The number of benzene rings is 1. The number of nitro benzene ring substituents is 1. The second-order valence-corrected chi connectivity index (χ2v) is 4.85. The van der Waals surface area contributed by atoms with Gasteiger partial charge in [-0.05, 0) is 31.0 Å². The van der Waals surface area contributed by atoms with Crippen molar-refractivity contribution in [2.45, 2.75) is 12.8 Å². The Morgan fingerprint density at radius 2 is 2.33 bits per heavy atom. The second-order valence-electron chi connectivity index (χ2n) is 4.85. The van der Waals surface area contributed by atoms with Crippen molar-refractivity contribution in [2.75, 3.05) is 20.2 Å². The average molecular weight is 293 g/mol. The first-order valence-electron chi connectivity index (χ1n) is 6.48. The molecule has 1 aromatic carbocycles. The lowest BCUT2D eigenvalue weighted by molar-refractivity contribution is -0.386. The van der Waals surface area contributed by atoms with E-state index in [1.165, 1.54) is 6.07 Å². The summed E-state index contributed by atoms with van der Waals surface area (Å²) in [6.07, 6.45) is 3.48. The molecule has 1 saturated heterocycles. The lowest BCUT2D eigenvalue weighted by Gasteiger charge is -2.26. The number of piperidine rings is 1. The van der Waals surface area contributed by atoms with Crippen LogP contribution in [0.3, 0.4) is 0 Å². The zero-order valence-corrected chi connectivity index (χ0v) is 11.6. The third-order valence-electron chi connectivity index (χ3n) is 3.24. The Balaban J connectivity index is 2.26. The Bertz CT molecular complexity index is 578. The van der Waals surface area contributed by atoms with Crippen LogP contribution in [0.25, 0.3) is 6.08 Å². The van der Waals surface area contributed by atoms with Crippen LogP contribution in [0.2, 0.25) is 0 Å². The van der Waals surface area contributed by atoms with Crippen molar-refractivity contribution < 1.29 is 19.1 Å². The molecular formula is C13H15BFN2O4. The van der Waals surface area contributed by atoms with Gasteiger partial charge in [0.05, 0.1) is 4.92 Å². The number of aromatic hydroxyl groups is 1. The zero-order valence-electron chi connectivity index (χ0n) is 11.6. The Hall–Kier alpha value is -1.93. The van der Waals surface area contributed by atoms with Crippen LogP contribution in [-0.4, -0.2) is 42.7 Å². The molecule has 0 bridgehead atoms. The first kappa shape index (κ1) is 15.5. The van der Waals surface area contributed by atoms with Gasteiger partial charge in [0.15, 0.2) is 5.82 Å². The molecular weight excluding hydrogens is 278 g/mol. The van der Waals surface area contributed by atoms with Crippen LogP contribution < -0.4 is 0 Å². The summed E-state index contributed by atoms with van der Waals surface area (Å²) in [5.41, 5.74) is 0.762. The first-order valence-corrected chi connectivity index (χ1v) is 6.48. The summed E-state index contributed by atoms with van der Waals surface area (Å²) in [7, 11) is 3.18. The molecule has 0 unspecified atom stereocenters. The van der Waals surface area contributed by atoms with Crippen molar-refractivity contribution in [2.24, 2.45) is 0 Å². The molecule has 1 radical (unpaired) electrons. The molecule has 0 amide bonds. The van der Waals surface area contributed by atoms with Gasteiger partial charge in [0.25, 0.3) is 0 Å². The second kappa shape index (κ2) is 6.69. The van der Waals surface area contributed by atoms with Gasteiger partial charge in [0.1, 0.15) is 0 Å². The summed E-state index contributed by atoms with van der Waals surface area (Å²) < 4.78 is 18.5. The fraction of sp³-hybridized carbons (Fsp3) is 0.385. The maximum absolute atomic E-state index is 13.5. The Morgan fingerprint density at radius 3 is 3.00 bits per heavy atom. The highest BCUT2D eigenvalue weighted by atomic mass is 19.1. The van der Waals surface area contributed by atoms with E-state index < -0.39 is 22.2 Å². The van der Waals surface area contributed by atoms with Crippen LogP contribution in [0.1, 0.15) is 18.4 Å². The number of hydrogen-bond acceptors (Lipinski definition) is 5. The third kappa shape index (κ3) is 3.80. The van der Waals surface area contributed by atoms with E-state index in [-0.39, 0.29) is 0 Å². The van der Waals surface area contributed by atoms with E-state index >= 15 is 0 Å². The molecule has 0 atom stereocenters. The van der Waals surface area contributed by atoms with Gasteiger partial charge in [-0.1, -0.05) is 11.6 Å². The molecule has 111 valence electrons. The summed E-state index contributed by atoms with van der Waals surface area (Å²) in [6, 6.07) is 2.26. The summed E-state index contributed by atoms with van der Waals surface area (Å²) in [6.45, 7) is 1.50. The molecule has 1 aliphatic heterocycles. The van der Waals surface area contributed by atoms with E-state index in [4.69, 9.17) is 4.65 Å². The van der Waals surface area contributed by atoms with Crippen molar-refractivity contribution >= 4 is 19.4 Å². The molecule has 0 aromatic heterocycles. The van der Waals surface area contributed by atoms with Crippen molar-refractivity contribution in [3.63, 3.8) is 0 Å². The minimum Gasteiger partial charge on any atom is -0.500 e. The summed E-state index contributed by atoms with van der Waals surface area (Å²) in [4.78, 5) is 12.0. The van der Waals surface area contributed by atoms with Gasteiger partial charge in [-0.25, -0.2) is 4.39 Å². The molecule has 0 saturated carbocycles. The van der Waals surface area contributed by atoms with Crippen molar-refractivity contribution in [1.29, 1.82) is 0 Å². The Labute approximate surface area is 122 Å². The number of halogens is 1. The van der Waals surface area contributed by atoms with Gasteiger partial charge < -0.3 is 14.6 Å². The SMILES string of the molecule is CO[B]N1CCC/C(=C\c2cc(F)c(O)c([N+](=O)[O-])c2)C1. The highest BCUT2D eigenvalue weighted by molar-refractivity contribution is 6.23. The van der Waals surface area contributed by atoms with Gasteiger partial charge in [0.2, 0.25) is 5.75 Å². The molecule has 1 heterocycles. The van der Waals surface area contributed by atoms with E-state index in [2.05, 4.69) is 0 Å². The van der Waals surface area contributed by atoms with Crippen LogP contribution in [0.15, 0.2) is 17.7 Å². The molecule has 0 spiro atoms. The minimum absolute atomic E-state index is 0.367. The first-order chi connectivity index (χ1) is 10.0. The molecule has 0 aliphatic carbocycles. The van der Waals surface area contributed by atoms with Crippen LogP contribution in [0, 0.1) is 15.9 Å². The monoisotopic (exact) mass is 293 g/mol. The molecule has 1 fully saturated rings. The fourth-order valence-corrected chi connectivity index (χ4v) is 2.35. The predicted octanol–water partition coefficient (Wildman–Crippen LogP) is 2.10. The molecule has 2 rings (SSSR count). The molecule has 1 aromatic rings. The number of phenolic OH excluding ortho intramolecular Hbond substituents is 1. The lowest BCUT2D eigenvalue weighted by atomic mass is 9.97. The van der Waals surface area contributed by atoms with E-state index in [1.807, 2.05) is 4.81 Å². The quantitative estimate of drug-likeness (QED) is 0.522. The van der Waals surface area contributed by atoms with Crippen LogP contribution in [0.4, 0.5) is 10.1 Å².